The summed E-state index contributed by atoms with van der Waals surface area (Å²) in [5.74, 6) is -0.825. The van der Waals surface area contributed by atoms with Gasteiger partial charge in [-0.25, -0.2) is 18.2 Å². The molecule has 2 N–H and O–H groups in total. The summed E-state index contributed by atoms with van der Waals surface area (Å²) in [5, 5.41) is 5.15. The van der Waals surface area contributed by atoms with Crippen LogP contribution in [0.4, 0.5) is 4.79 Å². The van der Waals surface area contributed by atoms with Crippen molar-refractivity contribution in [2.45, 2.75) is 76.6 Å². The number of pyridine rings is 1. The van der Waals surface area contributed by atoms with Crippen LogP contribution in [-0.4, -0.2) is 66.3 Å². The van der Waals surface area contributed by atoms with Crippen molar-refractivity contribution in [3.05, 3.63) is 24.4 Å². The molecular weight excluding hydrogens is 448 g/mol. The number of carbonyl (C=O) groups excluding carboxylic acids is 3. The minimum absolute atomic E-state index is 0.0968. The van der Waals surface area contributed by atoms with Gasteiger partial charge in [0.2, 0.25) is 5.91 Å². The summed E-state index contributed by atoms with van der Waals surface area (Å²) in [6.45, 7) is 8.76. The average Bonchev–Trinajstić information content (AvgIpc) is 2.88. The highest BCUT2D eigenvalue weighted by Crippen LogP contribution is 2.18. The molecule has 11 heteroatoms. The number of rotatable bonds is 7. The van der Waals surface area contributed by atoms with Crippen molar-refractivity contribution in [1.82, 2.24) is 19.9 Å². The van der Waals surface area contributed by atoms with Crippen molar-refractivity contribution < 1.29 is 27.5 Å². The molecule has 1 fully saturated rings. The van der Waals surface area contributed by atoms with Crippen LogP contribution in [0.3, 0.4) is 0 Å². The van der Waals surface area contributed by atoms with Gasteiger partial charge in [0.25, 0.3) is 10.0 Å². The van der Waals surface area contributed by atoms with E-state index in [-0.39, 0.29) is 24.0 Å². The van der Waals surface area contributed by atoms with Crippen molar-refractivity contribution >= 4 is 27.8 Å². The fourth-order valence-electron chi connectivity index (χ4n) is 3.41. The van der Waals surface area contributed by atoms with Crippen molar-refractivity contribution in [2.24, 2.45) is 5.92 Å². The molecule has 184 valence electrons. The maximum Gasteiger partial charge on any atom is 0.408 e. The largest absolute Gasteiger partial charge is 0.444 e. The van der Waals surface area contributed by atoms with Crippen LogP contribution in [0.2, 0.25) is 0 Å². The quantitative estimate of drug-likeness (QED) is 0.606. The van der Waals surface area contributed by atoms with E-state index < -0.39 is 45.5 Å². The molecule has 2 heterocycles. The second-order valence-corrected chi connectivity index (χ2v) is 11.4. The number of ketones is 1. The van der Waals surface area contributed by atoms with Gasteiger partial charge in [-0.1, -0.05) is 19.9 Å². The first-order valence-electron chi connectivity index (χ1n) is 11.0. The molecule has 0 spiro atoms. The Bertz CT molecular complexity index is 943. The Kier molecular flexibility index (Phi) is 8.96. The monoisotopic (exact) mass is 482 g/mol. The van der Waals surface area contributed by atoms with Gasteiger partial charge in [-0.05, 0) is 58.1 Å². The van der Waals surface area contributed by atoms with Gasteiger partial charge in [0.05, 0.1) is 12.6 Å². The maximum absolute atomic E-state index is 12.9. The first-order valence-corrected chi connectivity index (χ1v) is 12.5. The Morgan fingerprint density at radius 3 is 2.55 bits per heavy atom. The lowest BCUT2D eigenvalue weighted by atomic mass is 10.0. The highest BCUT2D eigenvalue weighted by molar-refractivity contribution is 7.89. The van der Waals surface area contributed by atoms with E-state index in [2.05, 4.69) is 15.6 Å². The van der Waals surface area contributed by atoms with E-state index in [9.17, 15) is 22.8 Å². The first-order chi connectivity index (χ1) is 15.3. The van der Waals surface area contributed by atoms with E-state index in [0.717, 1.165) is 4.31 Å². The number of Topliss-reactive ketones (excluding diaryl/α,β-unsaturated/α-hetero) is 1. The van der Waals surface area contributed by atoms with Crippen LogP contribution in [0, 0.1) is 5.92 Å². The molecule has 1 aliphatic heterocycles. The number of nitrogens with zero attached hydrogens (tertiary/aromatic N) is 2. The number of aromatic nitrogens is 1. The lowest BCUT2D eigenvalue weighted by Gasteiger charge is -2.25. The van der Waals surface area contributed by atoms with E-state index in [0.29, 0.717) is 19.3 Å². The van der Waals surface area contributed by atoms with Crippen molar-refractivity contribution in [1.29, 1.82) is 0 Å². The molecule has 0 radical (unpaired) electrons. The second kappa shape index (κ2) is 11.1. The molecule has 1 unspecified atom stereocenters. The minimum Gasteiger partial charge on any atom is -0.444 e. The van der Waals surface area contributed by atoms with Crippen molar-refractivity contribution in [2.75, 3.05) is 13.1 Å². The lowest BCUT2D eigenvalue weighted by Crippen LogP contribution is -2.53. The molecule has 1 aliphatic rings. The number of alkyl carbamates (subject to hydrolysis) is 1. The number of hydrogen-bond acceptors (Lipinski definition) is 7. The second-order valence-electron chi connectivity index (χ2n) is 9.50. The van der Waals surface area contributed by atoms with Crippen LogP contribution in [-0.2, 0) is 24.3 Å². The Morgan fingerprint density at radius 1 is 1.27 bits per heavy atom. The zero-order chi connectivity index (χ0) is 24.8. The van der Waals surface area contributed by atoms with Crippen LogP contribution in [0.1, 0.15) is 53.9 Å². The predicted molar refractivity (Wildman–Crippen MR) is 122 cm³/mol. The summed E-state index contributed by atoms with van der Waals surface area (Å²) >= 11 is 0. The van der Waals surface area contributed by atoms with E-state index in [1.807, 2.05) is 13.8 Å². The summed E-state index contributed by atoms with van der Waals surface area (Å²) in [5.41, 5.74) is -0.719. The van der Waals surface area contributed by atoms with Gasteiger partial charge in [0.1, 0.15) is 11.6 Å². The molecule has 10 nitrogen and oxygen atoms in total. The summed E-state index contributed by atoms with van der Waals surface area (Å²) < 4.78 is 32.0. The van der Waals surface area contributed by atoms with Crippen LogP contribution in [0.25, 0.3) is 0 Å². The molecule has 0 aromatic carbocycles. The number of nitrogens with one attached hydrogen (secondary N) is 2. The van der Waals surface area contributed by atoms with Crippen LogP contribution >= 0.6 is 0 Å². The Hall–Kier alpha value is -2.53. The molecular formula is C22H34N4O6S. The number of amides is 2. The third-order valence-corrected chi connectivity index (χ3v) is 6.66. The molecule has 33 heavy (non-hydrogen) atoms. The topological polar surface area (TPSA) is 135 Å². The maximum atomic E-state index is 12.9. The van der Waals surface area contributed by atoms with E-state index >= 15 is 0 Å². The highest BCUT2D eigenvalue weighted by Gasteiger charge is 2.35. The molecule has 1 aromatic rings. The molecule has 2 amide bonds. The van der Waals surface area contributed by atoms with Crippen molar-refractivity contribution in [3.63, 3.8) is 0 Å². The zero-order valence-electron chi connectivity index (χ0n) is 19.8. The summed E-state index contributed by atoms with van der Waals surface area (Å²) in [4.78, 5) is 41.9. The number of carbonyl (C=O) groups is 3. The fraction of sp³-hybridized carbons (Fsp3) is 0.636. The molecule has 0 aliphatic carbocycles. The van der Waals surface area contributed by atoms with E-state index in [4.69, 9.17) is 4.74 Å². The van der Waals surface area contributed by atoms with Gasteiger partial charge in [-0.2, -0.15) is 4.31 Å². The van der Waals surface area contributed by atoms with Gasteiger partial charge in [0, 0.05) is 12.7 Å². The minimum atomic E-state index is -3.92. The van der Waals surface area contributed by atoms with Gasteiger partial charge in [0.15, 0.2) is 10.8 Å². The fourth-order valence-corrected chi connectivity index (χ4v) is 4.79. The Labute approximate surface area is 195 Å². The van der Waals surface area contributed by atoms with E-state index in [1.165, 1.54) is 12.3 Å². The molecule has 0 bridgehead atoms. The van der Waals surface area contributed by atoms with Crippen molar-refractivity contribution in [3.8, 4) is 0 Å². The molecule has 2 atom stereocenters. The molecule has 0 saturated carbocycles. The van der Waals surface area contributed by atoms with Gasteiger partial charge in [-0.3, -0.25) is 9.59 Å². The molecule has 1 saturated heterocycles. The van der Waals surface area contributed by atoms with Gasteiger partial charge < -0.3 is 15.4 Å². The Morgan fingerprint density at radius 2 is 1.97 bits per heavy atom. The van der Waals surface area contributed by atoms with Crippen LogP contribution in [0.15, 0.2) is 29.4 Å². The summed E-state index contributed by atoms with van der Waals surface area (Å²) in [7, 11) is -3.92. The highest BCUT2D eigenvalue weighted by atomic mass is 32.2. The SMILES string of the molecule is CC(C)C[C@H](NC(=O)OC(C)(C)C)C(=O)NC1CCCN(S(=O)(=O)c2ccccn2)CC1=O. The Balaban J connectivity index is 2.08. The zero-order valence-corrected chi connectivity index (χ0v) is 20.6. The third kappa shape index (κ3) is 8.08. The van der Waals surface area contributed by atoms with Gasteiger partial charge in [-0.15, -0.1) is 0 Å². The smallest absolute Gasteiger partial charge is 0.408 e. The van der Waals surface area contributed by atoms with Crippen LogP contribution < -0.4 is 10.6 Å². The third-order valence-electron chi connectivity index (χ3n) is 4.89. The lowest BCUT2D eigenvalue weighted by molar-refractivity contribution is -0.129. The van der Waals surface area contributed by atoms with E-state index in [1.54, 1.807) is 32.9 Å². The normalized spacial score (nSPS) is 19.0. The predicted octanol–water partition coefficient (Wildman–Crippen LogP) is 1.86. The summed E-state index contributed by atoms with van der Waals surface area (Å²) in [6, 6.07) is 2.82. The summed E-state index contributed by atoms with van der Waals surface area (Å²) in [6.07, 6.45) is 1.69. The first kappa shape index (κ1) is 26.7. The number of hydrogen-bond donors (Lipinski definition) is 2. The average molecular weight is 483 g/mol. The number of ether oxygens (including phenoxy) is 1. The number of sulfonamides is 1. The molecule has 2 rings (SSSR count). The standard InChI is InChI=1S/C22H34N4O6S/c1-15(2)13-17(25-21(29)32-22(3,4)5)20(28)24-16-9-8-12-26(14-18(16)27)33(30,31)19-10-6-7-11-23-19/h6-7,10-11,15-17H,8-9,12-14H2,1-5H3,(H,24,28)(H,25,29)/t16?,17-/m0/s1. The van der Waals surface area contributed by atoms with Crippen LogP contribution in [0.5, 0.6) is 0 Å². The van der Waals surface area contributed by atoms with Gasteiger partial charge >= 0.3 is 6.09 Å². The molecule has 1 aromatic heterocycles.